The van der Waals surface area contributed by atoms with Crippen LogP contribution in [0.5, 0.6) is 0 Å². The molecule has 0 saturated carbocycles. The van der Waals surface area contributed by atoms with Gasteiger partial charge in [-0.05, 0) is 37.1 Å². The second kappa shape index (κ2) is 7.96. The molecule has 1 N–H and O–H groups in total. The molecule has 0 unspecified atom stereocenters. The van der Waals surface area contributed by atoms with Gasteiger partial charge in [-0.25, -0.2) is 8.42 Å². The summed E-state index contributed by atoms with van der Waals surface area (Å²) in [5, 5.41) is 3.37. The average Bonchev–Trinajstić information content (AvgIpc) is 2.66. The van der Waals surface area contributed by atoms with Crippen LogP contribution in [0.15, 0.2) is 53.4 Å². The molecule has 1 saturated heterocycles. The second-order valence-corrected chi connectivity index (χ2v) is 8.83. The Kier molecular flexibility index (Phi) is 5.87. The predicted octanol–water partition coefficient (Wildman–Crippen LogP) is 4.03. The maximum absolute atomic E-state index is 12.8. The maximum Gasteiger partial charge on any atom is 0.243 e. The zero-order chi connectivity index (χ0) is 18.7. The van der Waals surface area contributed by atoms with E-state index in [1.807, 2.05) is 0 Å². The minimum atomic E-state index is -3.61. The fourth-order valence-electron chi connectivity index (χ4n) is 2.95. The molecular weight excluding hydrogens is 395 g/mol. The van der Waals surface area contributed by atoms with Gasteiger partial charge >= 0.3 is 0 Å². The summed E-state index contributed by atoms with van der Waals surface area (Å²) < 4.78 is 26.9. The number of nitrogens with one attached hydrogen (secondary N) is 1. The summed E-state index contributed by atoms with van der Waals surface area (Å²) in [4.78, 5) is 12.8. The van der Waals surface area contributed by atoms with E-state index in [0.717, 1.165) is 0 Å². The number of rotatable bonds is 4. The lowest BCUT2D eigenvalue weighted by molar-refractivity contribution is -0.120. The van der Waals surface area contributed by atoms with Crippen molar-refractivity contribution in [2.24, 2.45) is 5.92 Å². The van der Waals surface area contributed by atoms with Gasteiger partial charge in [-0.15, -0.1) is 0 Å². The van der Waals surface area contributed by atoms with Crippen molar-refractivity contribution < 1.29 is 13.2 Å². The third kappa shape index (κ3) is 4.04. The van der Waals surface area contributed by atoms with Crippen molar-refractivity contribution in [2.75, 3.05) is 18.4 Å². The smallest absolute Gasteiger partial charge is 0.243 e. The van der Waals surface area contributed by atoms with Gasteiger partial charge in [-0.3, -0.25) is 4.79 Å². The highest BCUT2D eigenvalue weighted by atomic mass is 35.5. The number of hydrogen-bond acceptors (Lipinski definition) is 3. The fourth-order valence-corrected chi connectivity index (χ4v) is 4.84. The highest BCUT2D eigenvalue weighted by molar-refractivity contribution is 7.89. The number of benzene rings is 2. The Hall–Kier alpha value is -1.60. The number of halogens is 2. The predicted molar refractivity (Wildman–Crippen MR) is 103 cm³/mol. The standard InChI is InChI=1S/C18H18Cl2N2O3S/c19-15-9-4-10-16(17(15)20)21-18(23)13-6-5-11-22(12-13)26(24,25)14-7-2-1-3-8-14/h1-4,7-10,13H,5-6,11-12H2,(H,21,23)/t13-/m1/s1. The van der Waals surface area contributed by atoms with E-state index in [-0.39, 0.29) is 22.4 Å². The summed E-state index contributed by atoms with van der Waals surface area (Å²) in [6, 6.07) is 13.2. The maximum atomic E-state index is 12.8. The van der Waals surface area contributed by atoms with Crippen molar-refractivity contribution in [3.63, 3.8) is 0 Å². The van der Waals surface area contributed by atoms with Crippen molar-refractivity contribution in [1.82, 2.24) is 4.31 Å². The highest BCUT2D eigenvalue weighted by Gasteiger charge is 2.33. The molecule has 0 radical (unpaired) electrons. The van der Waals surface area contributed by atoms with Gasteiger partial charge in [0.05, 0.1) is 26.5 Å². The first-order valence-electron chi connectivity index (χ1n) is 8.19. The molecule has 1 aliphatic heterocycles. The third-order valence-electron chi connectivity index (χ3n) is 4.35. The van der Waals surface area contributed by atoms with Gasteiger partial charge in [0.1, 0.15) is 0 Å². The Bertz CT molecular complexity index is 904. The first kappa shape index (κ1) is 19.2. The van der Waals surface area contributed by atoms with Crippen LogP contribution in [-0.4, -0.2) is 31.7 Å². The molecule has 0 bridgehead atoms. The van der Waals surface area contributed by atoms with Crippen LogP contribution < -0.4 is 5.32 Å². The molecule has 8 heteroatoms. The molecule has 2 aromatic carbocycles. The molecule has 1 atom stereocenters. The van der Waals surface area contributed by atoms with Crippen molar-refractivity contribution >= 4 is 44.8 Å². The first-order chi connectivity index (χ1) is 12.4. The summed E-state index contributed by atoms with van der Waals surface area (Å²) in [5.41, 5.74) is 0.423. The van der Waals surface area contributed by atoms with Gasteiger partial charge in [0, 0.05) is 13.1 Å². The molecule has 26 heavy (non-hydrogen) atoms. The van der Waals surface area contributed by atoms with Crippen LogP contribution in [0.3, 0.4) is 0 Å². The van der Waals surface area contributed by atoms with Gasteiger partial charge in [0.2, 0.25) is 15.9 Å². The number of carbonyl (C=O) groups is 1. The van der Waals surface area contributed by atoms with Crippen LogP contribution in [0.25, 0.3) is 0 Å². The van der Waals surface area contributed by atoms with Gasteiger partial charge in [-0.2, -0.15) is 4.31 Å². The normalized spacial score (nSPS) is 18.5. The quantitative estimate of drug-likeness (QED) is 0.823. The van der Waals surface area contributed by atoms with E-state index < -0.39 is 15.9 Å². The fraction of sp³-hybridized carbons (Fsp3) is 0.278. The minimum Gasteiger partial charge on any atom is -0.324 e. The Morgan fingerprint density at radius 3 is 2.54 bits per heavy atom. The van der Waals surface area contributed by atoms with E-state index in [1.165, 1.54) is 4.31 Å². The van der Waals surface area contributed by atoms with E-state index in [1.54, 1.807) is 48.5 Å². The molecule has 3 rings (SSSR count). The molecule has 1 heterocycles. The zero-order valence-electron chi connectivity index (χ0n) is 13.9. The van der Waals surface area contributed by atoms with Crippen LogP contribution in [0.1, 0.15) is 12.8 Å². The van der Waals surface area contributed by atoms with Gasteiger partial charge in [0.15, 0.2) is 0 Å². The molecular formula is C18H18Cl2N2O3S. The van der Waals surface area contributed by atoms with Crippen LogP contribution in [-0.2, 0) is 14.8 Å². The summed E-state index contributed by atoms with van der Waals surface area (Å²) in [7, 11) is -3.61. The van der Waals surface area contributed by atoms with Crippen molar-refractivity contribution in [3.8, 4) is 0 Å². The number of anilines is 1. The number of nitrogens with zero attached hydrogens (tertiary/aromatic N) is 1. The average molecular weight is 413 g/mol. The molecule has 138 valence electrons. The Labute approximate surface area is 163 Å². The van der Waals surface area contributed by atoms with E-state index >= 15 is 0 Å². The number of carbonyl (C=O) groups excluding carboxylic acids is 1. The summed E-state index contributed by atoms with van der Waals surface area (Å²) in [5.74, 6) is -0.709. The third-order valence-corrected chi connectivity index (χ3v) is 7.04. The number of sulfonamides is 1. The van der Waals surface area contributed by atoms with E-state index in [9.17, 15) is 13.2 Å². The molecule has 0 aliphatic carbocycles. The van der Waals surface area contributed by atoms with Crippen LogP contribution in [0, 0.1) is 5.92 Å². The zero-order valence-corrected chi connectivity index (χ0v) is 16.2. The molecule has 0 aromatic heterocycles. The number of hydrogen-bond donors (Lipinski definition) is 1. The lowest BCUT2D eigenvalue weighted by Gasteiger charge is -2.31. The topological polar surface area (TPSA) is 66.5 Å². The Morgan fingerprint density at radius 1 is 1.08 bits per heavy atom. The van der Waals surface area contributed by atoms with Crippen molar-refractivity contribution in [1.29, 1.82) is 0 Å². The van der Waals surface area contributed by atoms with Crippen molar-refractivity contribution in [3.05, 3.63) is 58.6 Å². The summed E-state index contributed by atoms with van der Waals surface area (Å²) in [6.45, 7) is 0.542. The molecule has 1 fully saturated rings. The van der Waals surface area contributed by atoms with Gasteiger partial charge in [0.25, 0.3) is 0 Å². The van der Waals surface area contributed by atoms with E-state index in [0.29, 0.717) is 30.1 Å². The molecule has 1 amide bonds. The lowest BCUT2D eigenvalue weighted by Crippen LogP contribution is -2.43. The highest BCUT2D eigenvalue weighted by Crippen LogP contribution is 2.31. The molecule has 2 aromatic rings. The summed E-state index contributed by atoms with van der Waals surface area (Å²) >= 11 is 12.1. The largest absolute Gasteiger partial charge is 0.324 e. The summed E-state index contributed by atoms with van der Waals surface area (Å²) in [6.07, 6.45) is 1.23. The Balaban J connectivity index is 1.74. The van der Waals surface area contributed by atoms with Crippen LogP contribution in [0.4, 0.5) is 5.69 Å². The van der Waals surface area contributed by atoms with E-state index in [4.69, 9.17) is 23.2 Å². The van der Waals surface area contributed by atoms with E-state index in [2.05, 4.69) is 5.32 Å². The number of amides is 1. The van der Waals surface area contributed by atoms with Crippen molar-refractivity contribution in [2.45, 2.75) is 17.7 Å². The first-order valence-corrected chi connectivity index (χ1v) is 10.4. The Morgan fingerprint density at radius 2 is 1.81 bits per heavy atom. The lowest BCUT2D eigenvalue weighted by atomic mass is 9.99. The molecule has 5 nitrogen and oxygen atoms in total. The van der Waals surface area contributed by atoms with Gasteiger partial charge in [-0.1, -0.05) is 47.5 Å². The van der Waals surface area contributed by atoms with Crippen LogP contribution in [0.2, 0.25) is 10.0 Å². The SMILES string of the molecule is O=C(Nc1cccc(Cl)c1Cl)[C@@H]1CCCN(S(=O)(=O)c2ccccc2)C1. The number of piperidine rings is 1. The minimum absolute atomic E-state index is 0.140. The van der Waals surface area contributed by atoms with Crippen LogP contribution >= 0.6 is 23.2 Å². The monoisotopic (exact) mass is 412 g/mol. The molecule has 0 spiro atoms. The second-order valence-electron chi connectivity index (χ2n) is 6.11. The molecule has 1 aliphatic rings. The van der Waals surface area contributed by atoms with Gasteiger partial charge < -0.3 is 5.32 Å².